The molecule has 0 aromatic heterocycles. The first kappa shape index (κ1) is 21.3. The molecular formula is C19H20FN3O4S. The van der Waals surface area contributed by atoms with E-state index in [0.29, 0.717) is 11.3 Å². The first-order valence-electron chi connectivity index (χ1n) is 8.41. The fourth-order valence-corrected chi connectivity index (χ4v) is 3.56. The number of amides is 1. The molecular weight excluding hydrogens is 385 g/mol. The third kappa shape index (κ3) is 5.52. The highest BCUT2D eigenvalue weighted by Crippen LogP contribution is 2.17. The highest BCUT2D eigenvalue weighted by molar-refractivity contribution is 7.91. The highest BCUT2D eigenvalue weighted by atomic mass is 32.2. The molecule has 0 fully saturated rings. The van der Waals surface area contributed by atoms with Gasteiger partial charge >= 0.3 is 0 Å². The minimum absolute atomic E-state index is 0.0842. The summed E-state index contributed by atoms with van der Waals surface area (Å²) in [7, 11) is -2.03. The summed E-state index contributed by atoms with van der Waals surface area (Å²) in [4.78, 5) is 12.3. The molecule has 2 rings (SSSR count). The van der Waals surface area contributed by atoms with Gasteiger partial charge < -0.3 is 15.4 Å². The standard InChI is InChI=1S/C19H20FN3O4S/c1-27-11-12-28(25,26)15-7-5-14(6-8-15)19(24)23-10-9-22-18-4-2-3-17(20)16(18)13-21/h2-8,22H,9-12H2,1H3,(H,23,24). The molecule has 7 nitrogen and oxygen atoms in total. The van der Waals surface area contributed by atoms with Gasteiger partial charge in [-0.05, 0) is 36.4 Å². The van der Waals surface area contributed by atoms with Crippen LogP contribution in [0.1, 0.15) is 15.9 Å². The van der Waals surface area contributed by atoms with E-state index >= 15 is 0 Å². The predicted octanol–water partition coefficient (Wildman–Crippen LogP) is 1.96. The number of rotatable bonds is 9. The summed E-state index contributed by atoms with van der Waals surface area (Å²) in [5.41, 5.74) is 0.579. The fraction of sp³-hybridized carbons (Fsp3) is 0.263. The molecule has 0 atom stereocenters. The van der Waals surface area contributed by atoms with Gasteiger partial charge in [-0.3, -0.25) is 4.79 Å². The summed E-state index contributed by atoms with van der Waals surface area (Å²) >= 11 is 0. The van der Waals surface area contributed by atoms with Crippen molar-refractivity contribution in [3.05, 3.63) is 59.4 Å². The first-order chi connectivity index (χ1) is 13.4. The topological polar surface area (TPSA) is 108 Å². The molecule has 0 aliphatic heterocycles. The molecule has 0 spiro atoms. The number of hydrogen-bond acceptors (Lipinski definition) is 6. The number of anilines is 1. The maximum Gasteiger partial charge on any atom is 0.251 e. The van der Waals surface area contributed by atoms with Crippen LogP contribution in [0.15, 0.2) is 47.4 Å². The van der Waals surface area contributed by atoms with Crippen LogP contribution in [0.4, 0.5) is 10.1 Å². The second-order valence-corrected chi connectivity index (χ2v) is 7.90. The molecule has 9 heteroatoms. The van der Waals surface area contributed by atoms with Crippen LogP contribution >= 0.6 is 0 Å². The van der Waals surface area contributed by atoms with Gasteiger partial charge in [-0.2, -0.15) is 5.26 Å². The molecule has 2 aromatic carbocycles. The zero-order valence-corrected chi connectivity index (χ0v) is 16.1. The lowest BCUT2D eigenvalue weighted by Crippen LogP contribution is -2.29. The molecule has 0 aliphatic carbocycles. The Morgan fingerprint density at radius 2 is 1.89 bits per heavy atom. The molecule has 0 saturated heterocycles. The average molecular weight is 405 g/mol. The Hall–Kier alpha value is -2.96. The number of hydrogen-bond donors (Lipinski definition) is 2. The Balaban J connectivity index is 1.89. The van der Waals surface area contributed by atoms with Crippen molar-refractivity contribution in [3.63, 3.8) is 0 Å². The zero-order chi connectivity index (χ0) is 20.6. The molecule has 0 radical (unpaired) electrons. The number of methoxy groups -OCH3 is 1. The maximum absolute atomic E-state index is 13.5. The van der Waals surface area contributed by atoms with Crippen LogP contribution in [0.2, 0.25) is 0 Å². The van der Waals surface area contributed by atoms with Gasteiger partial charge in [0.1, 0.15) is 17.4 Å². The normalized spacial score (nSPS) is 10.9. The van der Waals surface area contributed by atoms with E-state index in [0.717, 1.165) is 0 Å². The van der Waals surface area contributed by atoms with E-state index in [1.165, 1.54) is 43.5 Å². The molecule has 148 valence electrons. The summed E-state index contributed by atoms with van der Waals surface area (Å²) in [6.45, 7) is 0.609. The van der Waals surface area contributed by atoms with Crippen LogP contribution in [0.3, 0.4) is 0 Å². The SMILES string of the molecule is COCCS(=O)(=O)c1ccc(C(=O)NCCNc2cccc(F)c2C#N)cc1. The maximum atomic E-state index is 13.5. The monoisotopic (exact) mass is 405 g/mol. The Bertz CT molecular complexity index is 970. The van der Waals surface area contributed by atoms with Crippen LogP contribution in [0.25, 0.3) is 0 Å². The second kappa shape index (κ2) is 9.82. The minimum atomic E-state index is -3.45. The molecule has 0 saturated carbocycles. The molecule has 2 aromatic rings. The molecule has 0 bridgehead atoms. The van der Waals surface area contributed by atoms with E-state index in [4.69, 9.17) is 10.00 Å². The number of carbonyl (C=O) groups excluding carboxylic acids is 1. The Labute approximate surface area is 163 Å². The van der Waals surface area contributed by atoms with Crippen LogP contribution in [-0.4, -0.2) is 46.9 Å². The number of carbonyl (C=O) groups is 1. The molecule has 0 heterocycles. The average Bonchev–Trinajstić information content (AvgIpc) is 2.69. The summed E-state index contributed by atoms with van der Waals surface area (Å²) in [6, 6.07) is 11.7. The van der Waals surface area contributed by atoms with Crippen molar-refractivity contribution in [1.29, 1.82) is 5.26 Å². The minimum Gasteiger partial charge on any atom is -0.384 e. The van der Waals surface area contributed by atoms with Crippen LogP contribution < -0.4 is 10.6 Å². The molecule has 0 unspecified atom stereocenters. The largest absolute Gasteiger partial charge is 0.384 e. The summed E-state index contributed by atoms with van der Waals surface area (Å²) in [5.74, 6) is -1.12. The highest BCUT2D eigenvalue weighted by Gasteiger charge is 2.15. The predicted molar refractivity (Wildman–Crippen MR) is 102 cm³/mol. The quantitative estimate of drug-likeness (QED) is 0.618. The van der Waals surface area contributed by atoms with Crippen LogP contribution in [0, 0.1) is 17.1 Å². The summed E-state index contributed by atoms with van der Waals surface area (Å²) in [5, 5.41) is 14.5. The lowest BCUT2D eigenvalue weighted by molar-refractivity contribution is 0.0955. The Morgan fingerprint density at radius 1 is 1.18 bits per heavy atom. The molecule has 0 aliphatic rings. The van der Waals surface area contributed by atoms with Crippen molar-refractivity contribution >= 4 is 21.4 Å². The van der Waals surface area contributed by atoms with Crippen molar-refractivity contribution in [1.82, 2.24) is 5.32 Å². The van der Waals surface area contributed by atoms with E-state index in [9.17, 15) is 17.6 Å². The number of benzene rings is 2. The van der Waals surface area contributed by atoms with E-state index < -0.39 is 15.7 Å². The van der Waals surface area contributed by atoms with Crippen molar-refractivity contribution in [3.8, 4) is 6.07 Å². The van der Waals surface area contributed by atoms with E-state index in [1.54, 1.807) is 12.1 Å². The van der Waals surface area contributed by atoms with Gasteiger partial charge in [-0.1, -0.05) is 6.07 Å². The lowest BCUT2D eigenvalue weighted by Gasteiger charge is -2.10. The molecule has 28 heavy (non-hydrogen) atoms. The van der Waals surface area contributed by atoms with Crippen molar-refractivity contribution in [2.24, 2.45) is 0 Å². The number of ether oxygens (including phenoxy) is 1. The Kier molecular flexibility index (Phi) is 7.49. The first-order valence-corrected chi connectivity index (χ1v) is 10.1. The van der Waals surface area contributed by atoms with E-state index in [2.05, 4.69) is 10.6 Å². The van der Waals surface area contributed by atoms with E-state index in [-0.39, 0.29) is 41.8 Å². The second-order valence-electron chi connectivity index (χ2n) is 5.79. The van der Waals surface area contributed by atoms with E-state index in [1.807, 2.05) is 0 Å². The van der Waals surface area contributed by atoms with Gasteiger partial charge in [-0.15, -0.1) is 0 Å². The van der Waals surface area contributed by atoms with Crippen molar-refractivity contribution < 1.29 is 22.3 Å². The van der Waals surface area contributed by atoms with Gasteiger partial charge in [0.05, 0.1) is 22.9 Å². The number of nitrogens with one attached hydrogen (secondary N) is 2. The molecule has 2 N–H and O–H groups in total. The Morgan fingerprint density at radius 3 is 2.54 bits per heavy atom. The number of nitrogens with zero attached hydrogens (tertiary/aromatic N) is 1. The van der Waals surface area contributed by atoms with Gasteiger partial charge in [-0.25, -0.2) is 12.8 Å². The fourth-order valence-electron chi connectivity index (χ4n) is 2.38. The summed E-state index contributed by atoms with van der Waals surface area (Å²) < 4.78 is 42.4. The van der Waals surface area contributed by atoms with Gasteiger partial charge in [0.2, 0.25) is 0 Å². The molecule has 1 amide bonds. The van der Waals surface area contributed by atoms with Gasteiger partial charge in [0, 0.05) is 25.8 Å². The number of nitriles is 1. The zero-order valence-electron chi connectivity index (χ0n) is 15.2. The number of halogens is 1. The van der Waals surface area contributed by atoms with Crippen LogP contribution in [0.5, 0.6) is 0 Å². The third-order valence-corrected chi connectivity index (χ3v) is 5.58. The third-order valence-electron chi connectivity index (χ3n) is 3.88. The van der Waals surface area contributed by atoms with Crippen molar-refractivity contribution in [2.75, 3.05) is 37.9 Å². The number of sulfone groups is 1. The van der Waals surface area contributed by atoms with Gasteiger partial charge in [0.25, 0.3) is 5.91 Å². The summed E-state index contributed by atoms with van der Waals surface area (Å²) in [6.07, 6.45) is 0. The van der Waals surface area contributed by atoms with Crippen molar-refractivity contribution in [2.45, 2.75) is 4.90 Å². The smallest absolute Gasteiger partial charge is 0.251 e. The van der Waals surface area contributed by atoms with Gasteiger partial charge in [0.15, 0.2) is 9.84 Å². The lowest BCUT2D eigenvalue weighted by atomic mass is 10.2. The van der Waals surface area contributed by atoms with Crippen LogP contribution in [-0.2, 0) is 14.6 Å².